The van der Waals surface area contributed by atoms with Crippen molar-refractivity contribution in [3.63, 3.8) is 0 Å². The van der Waals surface area contributed by atoms with Crippen LogP contribution >= 0.6 is 0 Å². The Morgan fingerprint density at radius 2 is 2.14 bits per heavy atom. The summed E-state index contributed by atoms with van der Waals surface area (Å²) in [7, 11) is 3.31. The molecule has 14 heavy (non-hydrogen) atoms. The van der Waals surface area contributed by atoms with Gasteiger partial charge in [0.25, 0.3) is 0 Å². The van der Waals surface area contributed by atoms with E-state index in [9.17, 15) is 9.90 Å². The fraction of sp³-hybridized carbons (Fsp3) is 0.900. The SMILES string of the molecule is COC(=O)C1(O)CC(C)N(C)CC1C. The van der Waals surface area contributed by atoms with Crippen LogP contribution in [0.15, 0.2) is 0 Å². The Labute approximate surface area is 84.8 Å². The van der Waals surface area contributed by atoms with Gasteiger partial charge in [-0.25, -0.2) is 4.79 Å². The van der Waals surface area contributed by atoms with Crippen LogP contribution in [-0.4, -0.2) is 48.3 Å². The van der Waals surface area contributed by atoms with Gasteiger partial charge in [0, 0.05) is 24.9 Å². The second kappa shape index (κ2) is 3.87. The van der Waals surface area contributed by atoms with Crippen molar-refractivity contribution in [1.29, 1.82) is 0 Å². The van der Waals surface area contributed by atoms with Crippen LogP contribution < -0.4 is 0 Å². The van der Waals surface area contributed by atoms with Crippen molar-refractivity contribution in [3.8, 4) is 0 Å². The van der Waals surface area contributed by atoms with Gasteiger partial charge in [-0.05, 0) is 14.0 Å². The Balaban J connectivity index is 2.83. The first-order chi connectivity index (χ1) is 6.41. The number of aliphatic hydroxyl groups is 1. The number of piperidine rings is 1. The second-order valence-corrected chi connectivity index (χ2v) is 4.31. The van der Waals surface area contributed by atoms with E-state index in [-0.39, 0.29) is 12.0 Å². The first-order valence-corrected chi connectivity index (χ1v) is 4.93. The van der Waals surface area contributed by atoms with E-state index in [1.54, 1.807) is 0 Å². The van der Waals surface area contributed by atoms with Crippen LogP contribution in [0.4, 0.5) is 0 Å². The third-order valence-corrected chi connectivity index (χ3v) is 3.28. The highest BCUT2D eigenvalue weighted by Crippen LogP contribution is 2.31. The van der Waals surface area contributed by atoms with E-state index in [1.807, 2.05) is 20.9 Å². The monoisotopic (exact) mass is 201 g/mol. The number of nitrogens with zero attached hydrogens (tertiary/aromatic N) is 1. The summed E-state index contributed by atoms with van der Waals surface area (Å²) in [6.45, 7) is 4.59. The number of rotatable bonds is 1. The van der Waals surface area contributed by atoms with E-state index in [1.165, 1.54) is 7.11 Å². The maximum absolute atomic E-state index is 11.5. The first kappa shape index (κ1) is 11.5. The summed E-state index contributed by atoms with van der Waals surface area (Å²) in [5.41, 5.74) is -1.30. The van der Waals surface area contributed by atoms with Crippen LogP contribution in [0.1, 0.15) is 20.3 Å². The van der Waals surface area contributed by atoms with Crippen molar-refractivity contribution in [2.45, 2.75) is 31.9 Å². The summed E-state index contributed by atoms with van der Waals surface area (Å²) in [6, 6.07) is 0.204. The molecule has 0 aromatic heterocycles. The third-order valence-electron chi connectivity index (χ3n) is 3.28. The van der Waals surface area contributed by atoms with Crippen molar-refractivity contribution in [2.24, 2.45) is 5.92 Å². The van der Waals surface area contributed by atoms with E-state index in [4.69, 9.17) is 0 Å². The van der Waals surface area contributed by atoms with E-state index >= 15 is 0 Å². The number of esters is 1. The molecule has 1 rings (SSSR count). The molecule has 82 valence electrons. The lowest BCUT2D eigenvalue weighted by atomic mass is 9.79. The number of hydrogen-bond donors (Lipinski definition) is 1. The molecule has 0 spiro atoms. The molecule has 0 aliphatic carbocycles. The molecule has 1 saturated heterocycles. The summed E-state index contributed by atoms with van der Waals surface area (Å²) in [4.78, 5) is 13.6. The molecule has 1 aliphatic rings. The van der Waals surface area contributed by atoms with Crippen LogP contribution in [0.5, 0.6) is 0 Å². The molecule has 3 unspecified atom stereocenters. The average Bonchev–Trinajstić information content (AvgIpc) is 2.13. The Morgan fingerprint density at radius 1 is 1.57 bits per heavy atom. The summed E-state index contributed by atoms with van der Waals surface area (Å²) in [5, 5.41) is 10.2. The van der Waals surface area contributed by atoms with Crippen LogP contribution in [0, 0.1) is 5.92 Å². The van der Waals surface area contributed by atoms with Gasteiger partial charge in [-0.15, -0.1) is 0 Å². The van der Waals surface area contributed by atoms with Crippen molar-refractivity contribution in [3.05, 3.63) is 0 Å². The molecule has 1 heterocycles. The first-order valence-electron chi connectivity index (χ1n) is 4.93. The summed E-state index contributed by atoms with van der Waals surface area (Å²) >= 11 is 0. The minimum Gasteiger partial charge on any atom is -0.467 e. The largest absolute Gasteiger partial charge is 0.467 e. The maximum atomic E-state index is 11.5. The zero-order chi connectivity index (χ0) is 10.9. The van der Waals surface area contributed by atoms with E-state index in [2.05, 4.69) is 9.64 Å². The highest BCUT2D eigenvalue weighted by Gasteiger charge is 2.47. The van der Waals surface area contributed by atoms with Crippen LogP contribution in [0.3, 0.4) is 0 Å². The van der Waals surface area contributed by atoms with Gasteiger partial charge in [0.15, 0.2) is 5.60 Å². The minimum absolute atomic E-state index is 0.0869. The summed E-state index contributed by atoms with van der Waals surface area (Å²) in [6.07, 6.45) is 0.442. The fourth-order valence-electron chi connectivity index (χ4n) is 2.03. The van der Waals surface area contributed by atoms with Crippen molar-refractivity contribution in [1.82, 2.24) is 4.90 Å². The molecule has 1 N–H and O–H groups in total. The molecule has 0 aromatic rings. The predicted octanol–water partition coefficient (Wildman–Crippen LogP) is 0.251. The number of carbonyl (C=O) groups excluding carboxylic acids is 1. The lowest BCUT2D eigenvalue weighted by Gasteiger charge is -2.43. The smallest absolute Gasteiger partial charge is 0.338 e. The Morgan fingerprint density at radius 3 is 2.64 bits per heavy atom. The van der Waals surface area contributed by atoms with Crippen LogP contribution in [0.25, 0.3) is 0 Å². The molecule has 0 radical (unpaired) electrons. The van der Waals surface area contributed by atoms with Gasteiger partial charge >= 0.3 is 5.97 Å². The average molecular weight is 201 g/mol. The number of hydrogen-bond acceptors (Lipinski definition) is 4. The standard InChI is InChI=1S/C10H19NO3/c1-7-6-11(3)8(2)5-10(7,13)9(12)14-4/h7-8,13H,5-6H2,1-4H3. The van der Waals surface area contributed by atoms with Crippen molar-refractivity contribution < 1.29 is 14.6 Å². The fourth-order valence-corrected chi connectivity index (χ4v) is 2.03. The lowest BCUT2D eigenvalue weighted by molar-refractivity contribution is -0.176. The zero-order valence-electron chi connectivity index (χ0n) is 9.28. The number of methoxy groups -OCH3 is 1. The van der Waals surface area contributed by atoms with Gasteiger partial charge in [-0.3, -0.25) is 0 Å². The lowest BCUT2D eigenvalue weighted by Crippen LogP contribution is -2.57. The van der Waals surface area contributed by atoms with Gasteiger partial charge in [-0.1, -0.05) is 6.92 Å². The van der Waals surface area contributed by atoms with Crippen molar-refractivity contribution >= 4 is 5.97 Å². The predicted molar refractivity (Wildman–Crippen MR) is 52.8 cm³/mol. The Kier molecular flexibility index (Phi) is 3.17. The normalized spacial score (nSPS) is 39.5. The number of likely N-dealkylation sites (tertiary alicyclic amines) is 1. The molecule has 0 amide bonds. The Bertz CT molecular complexity index is 231. The second-order valence-electron chi connectivity index (χ2n) is 4.31. The van der Waals surface area contributed by atoms with E-state index in [0.29, 0.717) is 13.0 Å². The topological polar surface area (TPSA) is 49.8 Å². The van der Waals surface area contributed by atoms with Gasteiger partial charge in [-0.2, -0.15) is 0 Å². The van der Waals surface area contributed by atoms with Gasteiger partial charge in [0.05, 0.1) is 7.11 Å². The van der Waals surface area contributed by atoms with E-state index in [0.717, 1.165) is 0 Å². The van der Waals surface area contributed by atoms with Gasteiger partial charge < -0.3 is 14.7 Å². The van der Waals surface area contributed by atoms with E-state index < -0.39 is 11.6 Å². The maximum Gasteiger partial charge on any atom is 0.338 e. The van der Waals surface area contributed by atoms with Crippen LogP contribution in [-0.2, 0) is 9.53 Å². The molecule has 1 fully saturated rings. The summed E-state index contributed by atoms with van der Waals surface area (Å²) < 4.78 is 4.64. The molecule has 4 heteroatoms. The third kappa shape index (κ3) is 1.77. The minimum atomic E-state index is -1.30. The Hall–Kier alpha value is -0.610. The van der Waals surface area contributed by atoms with Crippen LogP contribution in [0.2, 0.25) is 0 Å². The zero-order valence-corrected chi connectivity index (χ0v) is 9.28. The highest BCUT2D eigenvalue weighted by molar-refractivity contribution is 5.79. The van der Waals surface area contributed by atoms with Crippen molar-refractivity contribution in [2.75, 3.05) is 20.7 Å². The molecule has 0 saturated carbocycles. The quantitative estimate of drug-likeness (QED) is 0.618. The van der Waals surface area contributed by atoms with Gasteiger partial charge in [0.1, 0.15) is 0 Å². The molecule has 1 aliphatic heterocycles. The molecular formula is C10H19NO3. The van der Waals surface area contributed by atoms with Gasteiger partial charge in [0.2, 0.25) is 0 Å². The number of ether oxygens (including phenoxy) is 1. The molecule has 0 bridgehead atoms. The summed E-state index contributed by atoms with van der Waals surface area (Å²) in [5.74, 6) is -0.596. The molecule has 0 aromatic carbocycles. The molecular weight excluding hydrogens is 182 g/mol. The number of carbonyl (C=O) groups is 1. The molecule has 3 atom stereocenters. The highest BCUT2D eigenvalue weighted by atomic mass is 16.5. The molecule has 4 nitrogen and oxygen atoms in total.